The van der Waals surface area contributed by atoms with Crippen LogP contribution in [0.15, 0.2) is 15.9 Å². The Hall–Kier alpha value is -0.470. The van der Waals surface area contributed by atoms with Gasteiger partial charge in [-0.3, -0.25) is 0 Å². The highest BCUT2D eigenvalue weighted by molar-refractivity contribution is 9.11. The summed E-state index contributed by atoms with van der Waals surface area (Å²) in [6, 6.07) is 3.13. The Kier molecular flexibility index (Phi) is 4.32. The molecule has 2 aromatic rings. The Bertz CT molecular complexity index is 611. The molecule has 0 nitrogen and oxygen atoms in total. The molecular formula is C11H3Br2F5S. The van der Waals surface area contributed by atoms with Gasteiger partial charge in [-0.25, -0.2) is 22.0 Å². The second kappa shape index (κ2) is 5.49. The minimum Gasteiger partial charge on any atom is -0.203 e. The van der Waals surface area contributed by atoms with Gasteiger partial charge in [0.15, 0.2) is 23.3 Å². The molecule has 1 aromatic heterocycles. The molecule has 0 N–H and O–H groups in total. The highest BCUT2D eigenvalue weighted by atomic mass is 79.9. The molecule has 0 saturated carbocycles. The van der Waals surface area contributed by atoms with Gasteiger partial charge in [0.2, 0.25) is 5.82 Å². The molecule has 1 unspecified atom stereocenters. The highest BCUT2D eigenvalue weighted by Crippen LogP contribution is 2.40. The summed E-state index contributed by atoms with van der Waals surface area (Å²) in [5.74, 6) is -9.72. The third-order valence-electron chi connectivity index (χ3n) is 2.34. The molecule has 0 aliphatic heterocycles. The number of rotatable bonds is 2. The van der Waals surface area contributed by atoms with Crippen molar-refractivity contribution in [1.82, 2.24) is 0 Å². The molecule has 0 aliphatic carbocycles. The summed E-state index contributed by atoms with van der Waals surface area (Å²) < 4.78 is 67.0. The van der Waals surface area contributed by atoms with Crippen LogP contribution in [0.5, 0.6) is 0 Å². The summed E-state index contributed by atoms with van der Waals surface area (Å²) in [7, 11) is 0. The van der Waals surface area contributed by atoms with Gasteiger partial charge in [0, 0.05) is 10.4 Å². The molecule has 0 saturated heterocycles. The molecule has 0 fully saturated rings. The van der Waals surface area contributed by atoms with Crippen LogP contribution in [0.1, 0.15) is 15.3 Å². The molecule has 102 valence electrons. The van der Waals surface area contributed by atoms with Crippen LogP contribution in [-0.2, 0) is 0 Å². The maximum Gasteiger partial charge on any atom is 0.200 e. The van der Waals surface area contributed by atoms with Crippen molar-refractivity contribution >= 4 is 43.2 Å². The Morgan fingerprint density at radius 3 is 1.74 bits per heavy atom. The molecule has 0 radical (unpaired) electrons. The first-order valence-corrected chi connectivity index (χ1v) is 7.27. The molecule has 2 rings (SSSR count). The van der Waals surface area contributed by atoms with Crippen LogP contribution in [0.25, 0.3) is 0 Å². The zero-order valence-corrected chi connectivity index (χ0v) is 12.8. The van der Waals surface area contributed by atoms with Crippen LogP contribution in [0.3, 0.4) is 0 Å². The Labute approximate surface area is 125 Å². The second-order valence-electron chi connectivity index (χ2n) is 3.49. The lowest BCUT2D eigenvalue weighted by molar-refractivity contribution is 0.371. The summed E-state index contributed by atoms with van der Waals surface area (Å²) in [6.07, 6.45) is 0. The number of hydrogen-bond acceptors (Lipinski definition) is 1. The summed E-state index contributed by atoms with van der Waals surface area (Å²) >= 11 is 7.23. The molecular weight excluding hydrogens is 419 g/mol. The van der Waals surface area contributed by atoms with E-state index >= 15 is 0 Å². The molecule has 1 heterocycles. The molecule has 19 heavy (non-hydrogen) atoms. The van der Waals surface area contributed by atoms with Crippen molar-refractivity contribution in [3.05, 3.63) is 55.4 Å². The molecule has 0 amide bonds. The van der Waals surface area contributed by atoms with Gasteiger partial charge in [0.1, 0.15) is 0 Å². The van der Waals surface area contributed by atoms with E-state index in [4.69, 9.17) is 0 Å². The van der Waals surface area contributed by atoms with Gasteiger partial charge in [-0.05, 0) is 28.1 Å². The summed E-state index contributed by atoms with van der Waals surface area (Å²) in [5, 5.41) is 0. The van der Waals surface area contributed by atoms with E-state index in [1.807, 2.05) is 0 Å². The van der Waals surface area contributed by atoms with Gasteiger partial charge in [0.25, 0.3) is 0 Å². The fourth-order valence-electron chi connectivity index (χ4n) is 1.45. The number of benzene rings is 1. The topological polar surface area (TPSA) is 0 Å². The normalized spacial score (nSPS) is 12.8. The number of thiophene rings is 1. The fourth-order valence-corrected chi connectivity index (χ4v) is 3.70. The summed E-state index contributed by atoms with van der Waals surface area (Å²) in [5.41, 5.74) is -0.897. The molecule has 0 aliphatic rings. The lowest BCUT2D eigenvalue weighted by Crippen LogP contribution is -2.08. The van der Waals surface area contributed by atoms with Gasteiger partial charge in [0.05, 0.1) is 8.61 Å². The largest absolute Gasteiger partial charge is 0.203 e. The van der Waals surface area contributed by atoms with Crippen molar-refractivity contribution in [3.63, 3.8) is 0 Å². The summed E-state index contributed by atoms with van der Waals surface area (Å²) in [6.45, 7) is 0. The van der Waals surface area contributed by atoms with E-state index in [2.05, 4.69) is 31.9 Å². The summed E-state index contributed by atoms with van der Waals surface area (Å²) in [4.78, 5) is -0.705. The van der Waals surface area contributed by atoms with Gasteiger partial charge in [-0.2, -0.15) is 0 Å². The van der Waals surface area contributed by atoms with E-state index in [9.17, 15) is 22.0 Å². The second-order valence-corrected chi connectivity index (χ2v) is 6.90. The van der Waals surface area contributed by atoms with Crippen LogP contribution in [0.2, 0.25) is 0 Å². The van der Waals surface area contributed by atoms with Crippen LogP contribution in [0.4, 0.5) is 22.0 Å². The van der Waals surface area contributed by atoms with Crippen LogP contribution in [0, 0.1) is 29.1 Å². The van der Waals surface area contributed by atoms with E-state index in [-0.39, 0.29) is 0 Å². The van der Waals surface area contributed by atoms with E-state index in [1.54, 1.807) is 6.07 Å². The Morgan fingerprint density at radius 2 is 1.32 bits per heavy atom. The predicted molar refractivity (Wildman–Crippen MR) is 69.0 cm³/mol. The standard InChI is InChI=1S/C11H3Br2F5S/c12-4-2-1-3(19-4)6(13)5-7(14)9(16)11(18)10(17)8(5)15/h1-2,6H. The maximum atomic E-state index is 13.6. The average molecular weight is 422 g/mol. The van der Waals surface area contributed by atoms with E-state index < -0.39 is 39.5 Å². The van der Waals surface area contributed by atoms with Crippen molar-refractivity contribution in [1.29, 1.82) is 0 Å². The van der Waals surface area contributed by atoms with Crippen LogP contribution < -0.4 is 0 Å². The van der Waals surface area contributed by atoms with Crippen LogP contribution in [-0.4, -0.2) is 0 Å². The Balaban J connectivity index is 2.63. The fraction of sp³-hybridized carbons (Fsp3) is 0.0909. The minimum absolute atomic E-state index is 0.412. The zero-order chi connectivity index (χ0) is 14.3. The number of hydrogen-bond donors (Lipinski definition) is 0. The van der Waals surface area contributed by atoms with Crippen molar-refractivity contribution in [2.45, 2.75) is 4.83 Å². The minimum atomic E-state index is -2.16. The quantitative estimate of drug-likeness (QED) is 0.253. The van der Waals surface area contributed by atoms with Gasteiger partial charge >= 0.3 is 0 Å². The third-order valence-corrected chi connectivity index (χ3v) is 5.28. The smallest absolute Gasteiger partial charge is 0.200 e. The van der Waals surface area contributed by atoms with Crippen LogP contribution >= 0.6 is 43.2 Å². The SMILES string of the molecule is Fc1c(F)c(F)c(C(Br)c2ccc(Br)s2)c(F)c1F. The van der Waals surface area contributed by atoms with E-state index in [1.165, 1.54) is 6.07 Å². The van der Waals surface area contributed by atoms with Crippen molar-refractivity contribution < 1.29 is 22.0 Å². The van der Waals surface area contributed by atoms with Gasteiger partial charge in [-0.1, -0.05) is 15.9 Å². The zero-order valence-electron chi connectivity index (χ0n) is 8.79. The average Bonchev–Trinajstić information content (AvgIpc) is 2.81. The van der Waals surface area contributed by atoms with Gasteiger partial charge in [-0.15, -0.1) is 11.3 Å². The van der Waals surface area contributed by atoms with Crippen molar-refractivity contribution in [2.24, 2.45) is 0 Å². The lowest BCUT2D eigenvalue weighted by atomic mass is 10.1. The number of alkyl halides is 1. The van der Waals surface area contributed by atoms with E-state index in [0.717, 1.165) is 11.3 Å². The van der Waals surface area contributed by atoms with Gasteiger partial charge < -0.3 is 0 Å². The lowest BCUT2D eigenvalue weighted by Gasteiger charge is -2.12. The monoisotopic (exact) mass is 420 g/mol. The third kappa shape index (κ3) is 2.57. The molecule has 1 atom stereocenters. The predicted octanol–water partition coefficient (Wildman–Crippen LogP) is 5.69. The molecule has 0 spiro atoms. The highest BCUT2D eigenvalue weighted by Gasteiger charge is 2.30. The molecule has 8 heteroatoms. The Morgan fingerprint density at radius 1 is 0.842 bits per heavy atom. The first-order chi connectivity index (χ1) is 8.84. The number of halogens is 7. The van der Waals surface area contributed by atoms with E-state index in [0.29, 0.717) is 8.66 Å². The maximum absolute atomic E-state index is 13.6. The van der Waals surface area contributed by atoms with Crippen molar-refractivity contribution in [3.8, 4) is 0 Å². The van der Waals surface area contributed by atoms with Crippen molar-refractivity contribution in [2.75, 3.05) is 0 Å². The molecule has 0 bridgehead atoms. The first-order valence-electron chi connectivity index (χ1n) is 4.75. The first kappa shape index (κ1) is 14.9. The molecule has 1 aromatic carbocycles.